The third-order valence-electron chi connectivity index (χ3n) is 4.83. The monoisotopic (exact) mass is 380 g/mol. The number of nitrogens with zero attached hydrogens (tertiary/aromatic N) is 3. The normalized spacial score (nSPS) is 15.1. The molecule has 3 aromatic rings. The van der Waals surface area contributed by atoms with Crippen LogP contribution in [0.25, 0.3) is 10.9 Å². The maximum atomic E-state index is 12.4. The van der Waals surface area contributed by atoms with Gasteiger partial charge in [0, 0.05) is 49.4 Å². The zero-order valence-corrected chi connectivity index (χ0v) is 15.7. The second-order valence-corrected chi connectivity index (χ2v) is 7.05. The lowest BCUT2D eigenvalue weighted by molar-refractivity contribution is 0.143. The van der Waals surface area contributed by atoms with Gasteiger partial charge in [0.1, 0.15) is 5.15 Å². The minimum absolute atomic E-state index is 0.0498. The van der Waals surface area contributed by atoms with Crippen LogP contribution in [0, 0.1) is 0 Å². The van der Waals surface area contributed by atoms with Gasteiger partial charge in [-0.25, -0.2) is 9.78 Å². The summed E-state index contributed by atoms with van der Waals surface area (Å²) in [6.45, 7) is 3.75. The summed E-state index contributed by atoms with van der Waals surface area (Å²) in [5.74, 6) is 0. The smallest absolute Gasteiger partial charge is 0.321 e. The number of amides is 2. The number of benzene rings is 2. The number of urea groups is 1. The van der Waals surface area contributed by atoms with Crippen molar-refractivity contribution in [1.82, 2.24) is 14.8 Å². The summed E-state index contributed by atoms with van der Waals surface area (Å²) < 4.78 is 0. The fourth-order valence-corrected chi connectivity index (χ4v) is 3.53. The number of rotatable bonds is 3. The molecule has 0 unspecified atom stereocenters. The number of piperazine rings is 1. The SMILES string of the molecule is O=C(Nc1ccccc1)N1CCN(Cc2cc3ccccc3nc2Cl)CC1. The molecule has 1 aromatic heterocycles. The molecule has 1 aliphatic heterocycles. The minimum atomic E-state index is -0.0498. The number of aromatic nitrogens is 1. The van der Waals surface area contributed by atoms with Crippen LogP contribution in [0.4, 0.5) is 10.5 Å². The van der Waals surface area contributed by atoms with Gasteiger partial charge in [-0.3, -0.25) is 4.90 Å². The van der Waals surface area contributed by atoms with Gasteiger partial charge in [-0.2, -0.15) is 0 Å². The lowest BCUT2D eigenvalue weighted by atomic mass is 10.1. The second kappa shape index (κ2) is 7.94. The predicted octanol–water partition coefficient (Wildman–Crippen LogP) is 4.24. The Balaban J connectivity index is 1.35. The Labute approximate surface area is 163 Å². The van der Waals surface area contributed by atoms with E-state index in [4.69, 9.17) is 11.6 Å². The van der Waals surface area contributed by atoms with Crippen LogP contribution in [0.3, 0.4) is 0 Å². The van der Waals surface area contributed by atoms with Gasteiger partial charge in [-0.1, -0.05) is 48.0 Å². The first-order valence-electron chi connectivity index (χ1n) is 9.06. The molecule has 27 heavy (non-hydrogen) atoms. The van der Waals surface area contributed by atoms with Gasteiger partial charge in [-0.05, 0) is 24.3 Å². The largest absolute Gasteiger partial charge is 0.322 e. The summed E-state index contributed by atoms with van der Waals surface area (Å²) in [7, 11) is 0. The Morgan fingerprint density at radius 2 is 1.70 bits per heavy atom. The molecular formula is C21H21ClN4O. The molecule has 0 atom stereocenters. The molecule has 1 fully saturated rings. The lowest BCUT2D eigenvalue weighted by Gasteiger charge is -2.34. The summed E-state index contributed by atoms with van der Waals surface area (Å²) in [5.41, 5.74) is 2.75. The number of fused-ring (bicyclic) bond motifs is 1. The van der Waals surface area contributed by atoms with Crippen LogP contribution >= 0.6 is 11.6 Å². The third kappa shape index (κ3) is 4.21. The molecule has 0 saturated carbocycles. The highest BCUT2D eigenvalue weighted by molar-refractivity contribution is 6.30. The fourth-order valence-electron chi connectivity index (χ4n) is 3.32. The van der Waals surface area contributed by atoms with Crippen LogP contribution in [-0.2, 0) is 6.54 Å². The van der Waals surface area contributed by atoms with Crippen molar-refractivity contribution in [3.63, 3.8) is 0 Å². The van der Waals surface area contributed by atoms with Crippen molar-refractivity contribution in [1.29, 1.82) is 0 Å². The van der Waals surface area contributed by atoms with E-state index in [-0.39, 0.29) is 6.03 Å². The molecule has 1 N–H and O–H groups in total. The van der Waals surface area contributed by atoms with E-state index in [2.05, 4.69) is 21.3 Å². The van der Waals surface area contributed by atoms with Gasteiger partial charge < -0.3 is 10.2 Å². The van der Waals surface area contributed by atoms with Gasteiger partial charge in [0.2, 0.25) is 0 Å². The summed E-state index contributed by atoms with van der Waals surface area (Å²) in [5, 5.41) is 4.59. The maximum absolute atomic E-state index is 12.4. The highest BCUT2D eigenvalue weighted by Crippen LogP contribution is 2.22. The van der Waals surface area contributed by atoms with Crippen molar-refractivity contribution < 1.29 is 4.79 Å². The van der Waals surface area contributed by atoms with Gasteiger partial charge >= 0.3 is 6.03 Å². The molecule has 2 amide bonds. The van der Waals surface area contributed by atoms with Crippen LogP contribution in [-0.4, -0.2) is 47.0 Å². The van der Waals surface area contributed by atoms with E-state index in [1.165, 1.54) is 0 Å². The number of hydrogen-bond acceptors (Lipinski definition) is 3. The van der Waals surface area contributed by atoms with Crippen LogP contribution in [0.2, 0.25) is 5.15 Å². The average Bonchev–Trinajstić information content (AvgIpc) is 2.70. The Morgan fingerprint density at radius 3 is 2.48 bits per heavy atom. The van der Waals surface area contributed by atoms with E-state index < -0.39 is 0 Å². The molecule has 0 spiro atoms. The molecule has 138 valence electrons. The van der Waals surface area contributed by atoms with Crippen molar-refractivity contribution >= 4 is 34.2 Å². The molecule has 1 aliphatic rings. The fraction of sp³-hybridized carbons (Fsp3) is 0.238. The molecule has 0 aliphatic carbocycles. The van der Waals surface area contributed by atoms with E-state index in [0.717, 1.165) is 41.8 Å². The molecule has 6 heteroatoms. The zero-order valence-electron chi connectivity index (χ0n) is 14.9. The number of halogens is 1. The summed E-state index contributed by atoms with van der Waals surface area (Å²) in [6, 6.07) is 19.6. The number of carbonyl (C=O) groups is 1. The number of para-hydroxylation sites is 2. The first-order valence-corrected chi connectivity index (χ1v) is 9.44. The molecule has 0 radical (unpaired) electrons. The number of carbonyl (C=O) groups excluding carboxylic acids is 1. The van der Waals surface area contributed by atoms with E-state index >= 15 is 0 Å². The van der Waals surface area contributed by atoms with Crippen molar-refractivity contribution in [2.24, 2.45) is 0 Å². The van der Waals surface area contributed by atoms with Crippen LogP contribution in [0.1, 0.15) is 5.56 Å². The van der Waals surface area contributed by atoms with Crippen molar-refractivity contribution in [2.45, 2.75) is 6.54 Å². The van der Waals surface area contributed by atoms with E-state index in [1.54, 1.807) is 0 Å². The maximum Gasteiger partial charge on any atom is 0.321 e. The molecule has 5 nitrogen and oxygen atoms in total. The summed E-state index contributed by atoms with van der Waals surface area (Å²) in [4.78, 5) is 21.1. The minimum Gasteiger partial charge on any atom is -0.322 e. The molecule has 2 heterocycles. The van der Waals surface area contributed by atoms with Gasteiger partial charge in [0.25, 0.3) is 0 Å². The topological polar surface area (TPSA) is 48.5 Å². The van der Waals surface area contributed by atoms with Crippen LogP contribution < -0.4 is 5.32 Å². The Bertz CT molecular complexity index is 939. The van der Waals surface area contributed by atoms with E-state index in [1.807, 2.05) is 59.5 Å². The Morgan fingerprint density at radius 1 is 1.00 bits per heavy atom. The van der Waals surface area contributed by atoms with Crippen LogP contribution in [0.15, 0.2) is 60.7 Å². The van der Waals surface area contributed by atoms with E-state index in [0.29, 0.717) is 18.2 Å². The predicted molar refractivity (Wildman–Crippen MR) is 109 cm³/mol. The van der Waals surface area contributed by atoms with Gasteiger partial charge in [0.05, 0.1) is 5.52 Å². The van der Waals surface area contributed by atoms with Crippen LogP contribution in [0.5, 0.6) is 0 Å². The number of anilines is 1. The average molecular weight is 381 g/mol. The first-order chi connectivity index (χ1) is 13.2. The Hall–Kier alpha value is -2.63. The Kier molecular flexibility index (Phi) is 5.23. The summed E-state index contributed by atoms with van der Waals surface area (Å²) >= 11 is 6.38. The number of hydrogen-bond donors (Lipinski definition) is 1. The van der Waals surface area contributed by atoms with Gasteiger partial charge in [-0.15, -0.1) is 0 Å². The van der Waals surface area contributed by atoms with Crippen molar-refractivity contribution in [3.8, 4) is 0 Å². The number of nitrogens with one attached hydrogen (secondary N) is 1. The third-order valence-corrected chi connectivity index (χ3v) is 5.16. The molecule has 2 aromatic carbocycles. The number of pyridine rings is 1. The second-order valence-electron chi connectivity index (χ2n) is 6.69. The van der Waals surface area contributed by atoms with Gasteiger partial charge in [0.15, 0.2) is 0 Å². The highest BCUT2D eigenvalue weighted by Gasteiger charge is 2.22. The first kappa shape index (κ1) is 17.8. The zero-order chi connectivity index (χ0) is 18.6. The molecule has 4 rings (SSSR count). The molecular weight excluding hydrogens is 360 g/mol. The summed E-state index contributed by atoms with van der Waals surface area (Å²) in [6.07, 6.45) is 0. The molecule has 1 saturated heterocycles. The molecule has 0 bridgehead atoms. The quantitative estimate of drug-likeness (QED) is 0.691. The highest BCUT2D eigenvalue weighted by atomic mass is 35.5. The standard InChI is InChI=1S/C21H21ClN4O/c22-20-17(14-16-6-4-5-9-19(16)24-20)15-25-10-12-26(13-11-25)21(27)23-18-7-2-1-3-8-18/h1-9,14H,10-13,15H2,(H,23,27). The van der Waals surface area contributed by atoms with E-state index in [9.17, 15) is 4.79 Å². The lowest BCUT2D eigenvalue weighted by Crippen LogP contribution is -2.49. The van der Waals surface area contributed by atoms with Crippen molar-refractivity contribution in [2.75, 3.05) is 31.5 Å². The van der Waals surface area contributed by atoms with Crippen molar-refractivity contribution in [3.05, 3.63) is 71.4 Å².